The molecule has 148 valence electrons. The molecule has 1 atom stereocenters. The first kappa shape index (κ1) is 28.0. The van der Waals surface area contributed by atoms with Crippen molar-refractivity contribution in [3.8, 4) is 0 Å². The van der Waals surface area contributed by atoms with Gasteiger partial charge in [0.25, 0.3) is 0 Å². The minimum absolute atomic E-state index is 0. The minimum Gasteiger partial charge on any atom is -1.00 e. The van der Waals surface area contributed by atoms with E-state index in [0.29, 0.717) is 0 Å². The van der Waals surface area contributed by atoms with Gasteiger partial charge in [-0.25, -0.2) is 0 Å². The molecule has 0 aromatic rings. The number of carbonyl (C=O) groups is 2. The van der Waals surface area contributed by atoms with Crippen molar-refractivity contribution < 1.29 is 50.4 Å². The Morgan fingerprint density at radius 2 is 1.65 bits per heavy atom. The van der Waals surface area contributed by atoms with Crippen LogP contribution in [0.4, 0.5) is 0 Å². The molecule has 0 aliphatic carbocycles. The molecule has 0 fully saturated rings. The Kier molecular flexibility index (Phi) is 22.7. The second-order valence-electron chi connectivity index (χ2n) is 6.57. The molecule has 0 heterocycles. The van der Waals surface area contributed by atoms with Crippen LogP contribution in [0.2, 0.25) is 0 Å². The third kappa shape index (κ3) is 20.1. The Hall–Kier alpha value is -0.200. The normalized spacial score (nSPS) is 12.0. The molecule has 6 heteroatoms. The third-order valence-corrected chi connectivity index (χ3v) is 4.11. The van der Waals surface area contributed by atoms with Gasteiger partial charge in [0, 0.05) is 6.42 Å². The van der Waals surface area contributed by atoms with Gasteiger partial charge in [-0.3, -0.25) is 9.59 Å². The summed E-state index contributed by atoms with van der Waals surface area (Å²) < 4.78 is 4.49. The van der Waals surface area contributed by atoms with E-state index < -0.39 is 11.9 Å². The molecule has 0 bridgehead atoms. The summed E-state index contributed by atoms with van der Waals surface area (Å²) in [6.45, 7) is 1.94. The first-order valence-electron chi connectivity index (χ1n) is 9.86. The molecular formula is C20H38NNaO4. The van der Waals surface area contributed by atoms with Crippen LogP contribution >= 0.6 is 0 Å². The maximum atomic E-state index is 11.2. The molecular weight excluding hydrogens is 341 g/mol. The molecule has 0 aliphatic heterocycles. The summed E-state index contributed by atoms with van der Waals surface area (Å²) in [6, 6.07) is 0. The van der Waals surface area contributed by atoms with Crippen LogP contribution in [0.3, 0.4) is 0 Å². The largest absolute Gasteiger partial charge is 1.00 e. The van der Waals surface area contributed by atoms with Crippen molar-refractivity contribution in [2.24, 2.45) is 5.73 Å². The summed E-state index contributed by atoms with van der Waals surface area (Å²) in [5.74, 6) is -1.14. The number of aliphatic hydroxyl groups excluding tert-OH is 1. The van der Waals surface area contributed by atoms with Gasteiger partial charge in [-0.05, 0) is 32.1 Å². The van der Waals surface area contributed by atoms with Gasteiger partial charge in [-0.15, -0.1) is 0 Å². The summed E-state index contributed by atoms with van der Waals surface area (Å²) in [6.07, 6.45) is 16.9. The van der Waals surface area contributed by atoms with Gasteiger partial charge < -0.3 is 17.0 Å². The Balaban J connectivity index is -0.00000288. The van der Waals surface area contributed by atoms with E-state index in [2.05, 4.69) is 23.8 Å². The van der Waals surface area contributed by atoms with Crippen LogP contribution in [-0.4, -0.2) is 29.7 Å². The van der Waals surface area contributed by atoms with Gasteiger partial charge in [0.1, 0.15) is 0 Å². The van der Waals surface area contributed by atoms with Crippen LogP contribution in [0.1, 0.15) is 91.8 Å². The zero-order chi connectivity index (χ0) is 18.8. The van der Waals surface area contributed by atoms with Crippen LogP contribution in [0, 0.1) is 0 Å². The molecule has 0 rings (SSSR count). The fourth-order valence-electron chi connectivity index (χ4n) is 2.58. The van der Waals surface area contributed by atoms with Crippen LogP contribution in [0.5, 0.6) is 0 Å². The number of unbranched alkanes of at least 4 members (excludes halogenated alkanes) is 8. The van der Waals surface area contributed by atoms with E-state index in [9.17, 15) is 14.7 Å². The first-order valence-corrected chi connectivity index (χ1v) is 9.86. The van der Waals surface area contributed by atoms with Gasteiger partial charge in [-0.2, -0.15) is 0 Å². The van der Waals surface area contributed by atoms with E-state index in [1.165, 1.54) is 19.3 Å². The molecule has 0 radical (unpaired) electrons. The number of esters is 2. The quantitative estimate of drug-likeness (QED) is 0.138. The molecule has 0 aliphatic rings. The Morgan fingerprint density at radius 3 is 2.35 bits per heavy atom. The number of aliphatic hydroxyl groups is 1. The minimum atomic E-state index is -0.664. The fraction of sp³-hybridized carbons (Fsp3) is 0.800. The van der Waals surface area contributed by atoms with E-state index >= 15 is 0 Å². The monoisotopic (exact) mass is 379 g/mol. The van der Waals surface area contributed by atoms with Crippen molar-refractivity contribution in [3.05, 3.63) is 12.2 Å². The van der Waals surface area contributed by atoms with E-state index in [4.69, 9.17) is 5.73 Å². The topological polar surface area (TPSA) is 89.6 Å². The average molecular weight is 380 g/mol. The number of nitrogens with two attached hydrogens (primary N) is 1. The van der Waals surface area contributed by atoms with E-state index in [1.807, 2.05) is 0 Å². The fourth-order valence-corrected chi connectivity index (χ4v) is 2.58. The second-order valence-corrected chi connectivity index (χ2v) is 6.57. The summed E-state index contributed by atoms with van der Waals surface area (Å²) >= 11 is 0. The van der Waals surface area contributed by atoms with Crippen LogP contribution in [0.15, 0.2) is 12.2 Å². The third-order valence-electron chi connectivity index (χ3n) is 4.11. The molecule has 0 spiro atoms. The van der Waals surface area contributed by atoms with Crippen LogP contribution in [0.25, 0.3) is 0 Å². The number of hydrogen-bond acceptors (Lipinski definition) is 5. The predicted octanol–water partition coefficient (Wildman–Crippen LogP) is 1.14. The molecule has 0 saturated carbocycles. The predicted molar refractivity (Wildman–Crippen MR) is 102 cm³/mol. The van der Waals surface area contributed by atoms with Gasteiger partial charge in [0.2, 0.25) is 0 Å². The maximum absolute atomic E-state index is 11.2. The second kappa shape index (κ2) is 21.1. The summed E-state index contributed by atoms with van der Waals surface area (Å²) in [7, 11) is 0. The Bertz CT molecular complexity index is 381. The maximum Gasteiger partial charge on any atom is 1.00 e. The Labute approximate surface area is 182 Å². The zero-order valence-electron chi connectivity index (χ0n) is 17.9. The number of carbonyl (C=O) groups excluding carboxylic acids is 2. The van der Waals surface area contributed by atoms with Gasteiger partial charge in [0.15, 0.2) is 0 Å². The molecule has 5 nitrogen and oxygen atoms in total. The van der Waals surface area contributed by atoms with Gasteiger partial charge in [0.05, 0.1) is 12.6 Å². The van der Waals surface area contributed by atoms with Crippen molar-refractivity contribution in [1.29, 1.82) is 0 Å². The summed E-state index contributed by atoms with van der Waals surface area (Å²) in [4.78, 5) is 22.1. The molecule has 0 saturated heterocycles. The van der Waals surface area contributed by atoms with Gasteiger partial charge >= 0.3 is 41.5 Å². The number of rotatable bonds is 16. The number of hydrogen-bond donors (Lipinski definition) is 2. The molecule has 0 aromatic carbocycles. The summed E-state index contributed by atoms with van der Waals surface area (Å²) in [5, 5.41) is 9.85. The van der Waals surface area contributed by atoms with E-state index in [-0.39, 0.29) is 50.1 Å². The first-order chi connectivity index (χ1) is 12.1. The van der Waals surface area contributed by atoms with Crippen molar-refractivity contribution in [2.45, 2.75) is 96.5 Å². The average Bonchev–Trinajstić information content (AvgIpc) is 2.60. The SMILES string of the molecule is CCCCCC[C@@H](O)C/C=C\CCCCCCCC(=O)OC(=O)CN.[H-].[Na+]. The zero-order valence-corrected chi connectivity index (χ0v) is 18.9. The van der Waals surface area contributed by atoms with E-state index in [1.54, 1.807) is 0 Å². The standard InChI is InChI=1S/C20H37NO4.Na.H/c1-2-3-4-11-14-18(22)15-12-9-7-5-6-8-10-13-16-19(23)25-20(24)17-21;;/h9,12,18,22H,2-8,10-11,13-17,21H2,1H3;;/q;+1;-1/b12-9-;;/t18-;;/m1../s1. The van der Waals surface area contributed by atoms with Crippen LogP contribution < -0.4 is 35.3 Å². The Morgan fingerprint density at radius 1 is 1.00 bits per heavy atom. The number of ether oxygens (including phenoxy) is 1. The van der Waals surface area contributed by atoms with Gasteiger partial charge in [-0.1, -0.05) is 64.0 Å². The van der Waals surface area contributed by atoms with Crippen LogP contribution in [-0.2, 0) is 14.3 Å². The molecule has 3 N–H and O–H groups in total. The molecule has 0 aromatic heterocycles. The smallest absolute Gasteiger partial charge is 1.00 e. The molecule has 0 amide bonds. The van der Waals surface area contributed by atoms with Crippen molar-refractivity contribution in [2.75, 3.05) is 6.54 Å². The van der Waals surface area contributed by atoms with Crippen molar-refractivity contribution in [1.82, 2.24) is 0 Å². The molecule has 0 unspecified atom stereocenters. The van der Waals surface area contributed by atoms with E-state index in [0.717, 1.165) is 57.8 Å². The number of allylic oxidation sites excluding steroid dienone is 1. The molecule has 26 heavy (non-hydrogen) atoms. The van der Waals surface area contributed by atoms with Crippen molar-refractivity contribution >= 4 is 11.9 Å². The van der Waals surface area contributed by atoms with Crippen molar-refractivity contribution in [3.63, 3.8) is 0 Å². The summed E-state index contributed by atoms with van der Waals surface area (Å²) in [5.41, 5.74) is 5.07.